The number of anilines is 1. The molecule has 124 valence electrons. The quantitative estimate of drug-likeness (QED) is 0.772. The second kappa shape index (κ2) is 7.13. The highest BCUT2D eigenvalue weighted by Crippen LogP contribution is 2.27. The molecule has 23 heavy (non-hydrogen) atoms. The number of nitrogens with two attached hydrogens (primary N) is 1. The van der Waals surface area contributed by atoms with E-state index in [-0.39, 0.29) is 24.9 Å². The standard InChI is InChI=1S/C16H22N4O3/c1-3-10(2)14-15(22)19-12-7-5-4-6-11(12)9-20(14)16(23)18-8-13(17)21/h4-7,10,14H,3,8-9H2,1-2H3,(H2,17,21)(H,18,23)(H,19,22). The molecule has 0 aliphatic carbocycles. The summed E-state index contributed by atoms with van der Waals surface area (Å²) in [6.45, 7) is 3.92. The zero-order valence-corrected chi connectivity index (χ0v) is 13.3. The zero-order chi connectivity index (χ0) is 17.0. The van der Waals surface area contributed by atoms with Crippen LogP contribution in [0.2, 0.25) is 0 Å². The maximum atomic E-state index is 12.6. The van der Waals surface area contributed by atoms with Crippen LogP contribution in [-0.4, -0.2) is 35.3 Å². The smallest absolute Gasteiger partial charge is 0.318 e. The molecule has 2 unspecified atom stereocenters. The largest absolute Gasteiger partial charge is 0.368 e. The number of rotatable bonds is 4. The number of hydrogen-bond donors (Lipinski definition) is 3. The lowest BCUT2D eigenvalue weighted by Crippen LogP contribution is -2.53. The molecule has 1 aliphatic heterocycles. The van der Waals surface area contributed by atoms with E-state index in [9.17, 15) is 14.4 Å². The molecule has 2 atom stereocenters. The molecule has 0 bridgehead atoms. The molecule has 0 spiro atoms. The van der Waals surface area contributed by atoms with Crippen LogP contribution in [0.4, 0.5) is 10.5 Å². The van der Waals surface area contributed by atoms with Gasteiger partial charge >= 0.3 is 6.03 Å². The van der Waals surface area contributed by atoms with Gasteiger partial charge in [-0.3, -0.25) is 9.59 Å². The van der Waals surface area contributed by atoms with Crippen molar-refractivity contribution in [3.05, 3.63) is 29.8 Å². The van der Waals surface area contributed by atoms with E-state index < -0.39 is 18.0 Å². The van der Waals surface area contributed by atoms with Crippen molar-refractivity contribution in [2.24, 2.45) is 11.7 Å². The lowest BCUT2D eigenvalue weighted by Gasteiger charge is -2.32. The van der Waals surface area contributed by atoms with Gasteiger partial charge < -0.3 is 21.3 Å². The minimum atomic E-state index is -0.627. The van der Waals surface area contributed by atoms with Crippen molar-refractivity contribution in [3.8, 4) is 0 Å². The Labute approximate surface area is 135 Å². The van der Waals surface area contributed by atoms with Gasteiger partial charge in [0.2, 0.25) is 11.8 Å². The van der Waals surface area contributed by atoms with Crippen molar-refractivity contribution < 1.29 is 14.4 Å². The number of benzene rings is 1. The first-order valence-electron chi connectivity index (χ1n) is 7.65. The van der Waals surface area contributed by atoms with Crippen molar-refractivity contribution in [1.29, 1.82) is 0 Å². The maximum absolute atomic E-state index is 12.6. The van der Waals surface area contributed by atoms with E-state index in [4.69, 9.17) is 5.73 Å². The molecule has 1 aromatic rings. The Bertz CT molecular complexity index is 617. The van der Waals surface area contributed by atoms with Crippen molar-refractivity contribution >= 4 is 23.5 Å². The fourth-order valence-electron chi connectivity index (χ4n) is 2.66. The van der Waals surface area contributed by atoms with Crippen LogP contribution >= 0.6 is 0 Å². The lowest BCUT2D eigenvalue weighted by atomic mass is 9.97. The van der Waals surface area contributed by atoms with Crippen LogP contribution in [0.15, 0.2) is 24.3 Å². The topological polar surface area (TPSA) is 105 Å². The van der Waals surface area contributed by atoms with Gasteiger partial charge in [-0.2, -0.15) is 0 Å². The summed E-state index contributed by atoms with van der Waals surface area (Å²) in [5.41, 5.74) is 6.63. The summed E-state index contributed by atoms with van der Waals surface area (Å²) >= 11 is 0. The van der Waals surface area contributed by atoms with E-state index in [2.05, 4.69) is 10.6 Å². The Balaban J connectivity index is 2.33. The third-order valence-corrected chi connectivity index (χ3v) is 4.08. The summed E-state index contributed by atoms with van der Waals surface area (Å²) in [7, 11) is 0. The van der Waals surface area contributed by atoms with Crippen molar-refractivity contribution in [2.45, 2.75) is 32.9 Å². The van der Waals surface area contributed by atoms with Crippen molar-refractivity contribution in [3.63, 3.8) is 0 Å². The third kappa shape index (κ3) is 3.80. The van der Waals surface area contributed by atoms with Gasteiger partial charge in [-0.15, -0.1) is 0 Å². The van der Waals surface area contributed by atoms with E-state index in [1.165, 1.54) is 4.90 Å². The van der Waals surface area contributed by atoms with Gasteiger partial charge in [-0.1, -0.05) is 38.5 Å². The van der Waals surface area contributed by atoms with Gasteiger partial charge in [0.15, 0.2) is 0 Å². The Hall–Kier alpha value is -2.57. The van der Waals surface area contributed by atoms with E-state index in [1.807, 2.05) is 38.1 Å². The van der Waals surface area contributed by atoms with Gasteiger partial charge in [-0.25, -0.2) is 4.79 Å². The number of carbonyl (C=O) groups is 3. The second-order valence-electron chi connectivity index (χ2n) is 5.73. The number of carbonyl (C=O) groups excluding carboxylic acids is 3. The number of nitrogens with zero attached hydrogens (tertiary/aromatic N) is 1. The van der Waals surface area contributed by atoms with Gasteiger partial charge in [0, 0.05) is 5.69 Å². The molecule has 2 rings (SSSR count). The van der Waals surface area contributed by atoms with Crippen LogP contribution in [0.3, 0.4) is 0 Å². The van der Waals surface area contributed by atoms with Crippen molar-refractivity contribution in [1.82, 2.24) is 10.2 Å². The minimum absolute atomic E-state index is 0.0244. The molecule has 7 nitrogen and oxygen atoms in total. The SMILES string of the molecule is CCC(C)C1C(=O)Nc2ccccc2CN1C(=O)NCC(N)=O. The average Bonchev–Trinajstić information content (AvgIpc) is 2.67. The van der Waals surface area contributed by atoms with Crippen LogP contribution in [0.5, 0.6) is 0 Å². The van der Waals surface area contributed by atoms with Gasteiger partial charge in [0.1, 0.15) is 6.04 Å². The first kappa shape index (κ1) is 16.8. The highest BCUT2D eigenvalue weighted by molar-refractivity contribution is 5.99. The number of nitrogens with one attached hydrogen (secondary N) is 2. The summed E-state index contributed by atoms with van der Waals surface area (Å²) < 4.78 is 0. The molecule has 0 aromatic heterocycles. The molecule has 0 saturated carbocycles. The van der Waals surface area contributed by atoms with E-state index >= 15 is 0 Å². The van der Waals surface area contributed by atoms with E-state index in [1.54, 1.807) is 0 Å². The van der Waals surface area contributed by atoms with Crippen LogP contribution < -0.4 is 16.4 Å². The maximum Gasteiger partial charge on any atom is 0.318 e. The summed E-state index contributed by atoms with van der Waals surface area (Å²) in [6, 6.07) is 6.28. The molecule has 0 saturated heterocycles. The first-order chi connectivity index (χ1) is 10.9. The molecule has 4 amide bonds. The van der Waals surface area contributed by atoms with Crippen LogP contribution in [0, 0.1) is 5.92 Å². The highest BCUT2D eigenvalue weighted by Gasteiger charge is 2.36. The van der Waals surface area contributed by atoms with Crippen molar-refractivity contribution in [2.75, 3.05) is 11.9 Å². The Morgan fingerprint density at radius 1 is 1.43 bits per heavy atom. The number of fused-ring (bicyclic) bond motifs is 1. The average molecular weight is 318 g/mol. The van der Waals surface area contributed by atoms with Crippen LogP contribution in [0.25, 0.3) is 0 Å². The van der Waals surface area contributed by atoms with Crippen LogP contribution in [-0.2, 0) is 16.1 Å². The van der Waals surface area contributed by atoms with E-state index in [0.717, 1.165) is 12.0 Å². The van der Waals surface area contributed by atoms with E-state index in [0.29, 0.717) is 5.69 Å². The number of hydrogen-bond acceptors (Lipinski definition) is 3. The predicted octanol–water partition coefficient (Wildman–Crippen LogP) is 1.05. The number of amides is 4. The van der Waals surface area contributed by atoms with Gasteiger partial charge in [0.05, 0.1) is 13.1 Å². The molecule has 0 fully saturated rings. The van der Waals surface area contributed by atoms with Gasteiger partial charge in [0.25, 0.3) is 0 Å². The van der Waals surface area contributed by atoms with Crippen LogP contribution in [0.1, 0.15) is 25.8 Å². The Morgan fingerprint density at radius 3 is 2.78 bits per heavy atom. The highest BCUT2D eigenvalue weighted by atomic mass is 16.2. The first-order valence-corrected chi connectivity index (χ1v) is 7.65. The normalized spacial score (nSPS) is 18.4. The number of urea groups is 1. The third-order valence-electron chi connectivity index (χ3n) is 4.08. The fourth-order valence-corrected chi connectivity index (χ4v) is 2.66. The predicted molar refractivity (Wildman–Crippen MR) is 86.5 cm³/mol. The summed E-state index contributed by atoms with van der Waals surface area (Å²) in [6.07, 6.45) is 0.744. The molecular weight excluding hydrogens is 296 g/mol. The Kier molecular flexibility index (Phi) is 5.20. The minimum Gasteiger partial charge on any atom is -0.368 e. The summed E-state index contributed by atoms with van der Waals surface area (Å²) in [4.78, 5) is 37.4. The molecule has 1 aliphatic rings. The molecular formula is C16H22N4O3. The number of primary amides is 1. The molecule has 4 N–H and O–H groups in total. The molecule has 1 heterocycles. The van der Waals surface area contributed by atoms with Gasteiger partial charge in [-0.05, 0) is 17.5 Å². The molecule has 1 aromatic carbocycles. The summed E-state index contributed by atoms with van der Waals surface area (Å²) in [5.74, 6) is -0.875. The zero-order valence-electron chi connectivity index (χ0n) is 13.3. The number of para-hydroxylation sites is 1. The fraction of sp³-hybridized carbons (Fsp3) is 0.438. The lowest BCUT2D eigenvalue weighted by molar-refractivity contribution is -0.121. The monoisotopic (exact) mass is 318 g/mol. The Morgan fingerprint density at radius 2 is 2.13 bits per heavy atom. The second-order valence-corrected chi connectivity index (χ2v) is 5.73. The molecule has 7 heteroatoms. The molecule has 0 radical (unpaired) electrons. The summed E-state index contributed by atoms with van der Waals surface area (Å²) in [5, 5.41) is 5.36.